The smallest absolute Gasteiger partial charge is 0.119 e. The first-order chi connectivity index (χ1) is 7.79. The minimum atomic E-state index is 0.650. The van der Waals surface area contributed by atoms with Crippen LogP contribution in [0.2, 0.25) is 0 Å². The van der Waals surface area contributed by atoms with Crippen molar-refractivity contribution in [3.8, 4) is 5.75 Å². The highest BCUT2D eigenvalue weighted by molar-refractivity contribution is 5.31. The van der Waals surface area contributed by atoms with Gasteiger partial charge in [0.15, 0.2) is 0 Å². The minimum Gasteiger partial charge on any atom is -0.494 e. The number of nitrogens with one attached hydrogen (secondary N) is 1. The maximum Gasteiger partial charge on any atom is 0.119 e. The lowest BCUT2D eigenvalue weighted by atomic mass is 9.89. The first-order valence-electron chi connectivity index (χ1n) is 6.25. The molecule has 1 aromatic rings. The fourth-order valence-corrected chi connectivity index (χ4v) is 2.31. The van der Waals surface area contributed by atoms with E-state index in [9.17, 15) is 0 Å². The van der Waals surface area contributed by atoms with Gasteiger partial charge >= 0.3 is 0 Å². The van der Waals surface area contributed by atoms with Crippen LogP contribution in [0.3, 0.4) is 0 Å². The molecule has 2 unspecified atom stereocenters. The average molecular weight is 219 g/mol. The third-order valence-corrected chi connectivity index (χ3v) is 3.30. The Kier molecular flexibility index (Phi) is 3.83. The SMILES string of the molecule is CCOc1cccc(C2CCC(C)NC2)c1. The van der Waals surface area contributed by atoms with Crippen molar-refractivity contribution in [2.24, 2.45) is 0 Å². The lowest BCUT2D eigenvalue weighted by Gasteiger charge is -2.28. The Morgan fingerprint density at radius 3 is 2.94 bits per heavy atom. The van der Waals surface area contributed by atoms with Crippen LogP contribution in [0.1, 0.15) is 38.2 Å². The zero-order valence-corrected chi connectivity index (χ0v) is 10.2. The Bertz CT molecular complexity index is 329. The van der Waals surface area contributed by atoms with Gasteiger partial charge in [-0.15, -0.1) is 0 Å². The molecule has 0 aliphatic carbocycles. The highest BCUT2D eigenvalue weighted by Crippen LogP contribution is 2.27. The molecule has 16 heavy (non-hydrogen) atoms. The van der Waals surface area contributed by atoms with Crippen LogP contribution >= 0.6 is 0 Å². The highest BCUT2D eigenvalue weighted by atomic mass is 16.5. The van der Waals surface area contributed by atoms with E-state index in [-0.39, 0.29) is 0 Å². The molecule has 2 rings (SSSR count). The molecule has 1 aliphatic heterocycles. The van der Waals surface area contributed by atoms with Crippen molar-refractivity contribution >= 4 is 0 Å². The van der Waals surface area contributed by atoms with Crippen LogP contribution in [0.15, 0.2) is 24.3 Å². The summed E-state index contributed by atoms with van der Waals surface area (Å²) in [7, 11) is 0. The molecule has 2 heteroatoms. The molecule has 1 N–H and O–H groups in total. The normalized spacial score (nSPS) is 25.4. The maximum atomic E-state index is 5.54. The lowest BCUT2D eigenvalue weighted by Crippen LogP contribution is -2.35. The van der Waals surface area contributed by atoms with E-state index in [1.54, 1.807) is 0 Å². The summed E-state index contributed by atoms with van der Waals surface area (Å²) in [6, 6.07) is 9.20. The first-order valence-corrected chi connectivity index (χ1v) is 6.25. The number of hydrogen-bond donors (Lipinski definition) is 1. The monoisotopic (exact) mass is 219 g/mol. The van der Waals surface area contributed by atoms with Gasteiger partial charge in [-0.3, -0.25) is 0 Å². The van der Waals surface area contributed by atoms with E-state index < -0.39 is 0 Å². The Morgan fingerprint density at radius 1 is 1.38 bits per heavy atom. The number of rotatable bonds is 3. The summed E-state index contributed by atoms with van der Waals surface area (Å²) >= 11 is 0. The first kappa shape index (κ1) is 11.5. The Morgan fingerprint density at radius 2 is 2.25 bits per heavy atom. The van der Waals surface area contributed by atoms with Crippen LogP contribution in [0.25, 0.3) is 0 Å². The molecule has 0 aromatic heterocycles. The predicted molar refractivity (Wildman–Crippen MR) is 67.1 cm³/mol. The van der Waals surface area contributed by atoms with Gasteiger partial charge in [0.25, 0.3) is 0 Å². The molecule has 1 saturated heterocycles. The molecular weight excluding hydrogens is 198 g/mol. The van der Waals surface area contributed by atoms with Gasteiger partial charge < -0.3 is 10.1 Å². The van der Waals surface area contributed by atoms with Crippen molar-refractivity contribution in [3.63, 3.8) is 0 Å². The summed E-state index contributed by atoms with van der Waals surface area (Å²) < 4.78 is 5.54. The summed E-state index contributed by atoms with van der Waals surface area (Å²) in [5, 5.41) is 3.54. The van der Waals surface area contributed by atoms with Gasteiger partial charge in [-0.2, -0.15) is 0 Å². The molecule has 2 nitrogen and oxygen atoms in total. The molecule has 1 fully saturated rings. The minimum absolute atomic E-state index is 0.650. The summed E-state index contributed by atoms with van der Waals surface area (Å²) in [4.78, 5) is 0. The largest absolute Gasteiger partial charge is 0.494 e. The van der Waals surface area contributed by atoms with Crippen molar-refractivity contribution in [2.45, 2.75) is 38.6 Å². The van der Waals surface area contributed by atoms with Crippen molar-refractivity contribution < 1.29 is 4.74 Å². The Hall–Kier alpha value is -1.02. The van der Waals surface area contributed by atoms with Crippen LogP contribution in [0.4, 0.5) is 0 Å². The third kappa shape index (κ3) is 2.76. The molecule has 88 valence electrons. The van der Waals surface area contributed by atoms with E-state index >= 15 is 0 Å². The van der Waals surface area contributed by atoms with Gasteiger partial charge in [-0.25, -0.2) is 0 Å². The van der Waals surface area contributed by atoms with E-state index in [1.165, 1.54) is 18.4 Å². The standard InChI is InChI=1S/C14H21NO/c1-3-16-14-6-4-5-12(9-14)13-8-7-11(2)15-10-13/h4-6,9,11,13,15H,3,7-8,10H2,1-2H3. The number of hydrogen-bond acceptors (Lipinski definition) is 2. The quantitative estimate of drug-likeness (QED) is 0.844. The van der Waals surface area contributed by atoms with Crippen molar-refractivity contribution in [1.29, 1.82) is 0 Å². The van der Waals surface area contributed by atoms with Crippen molar-refractivity contribution in [1.82, 2.24) is 5.32 Å². The van der Waals surface area contributed by atoms with E-state index in [2.05, 4.69) is 30.4 Å². The molecule has 1 aliphatic rings. The molecule has 2 atom stereocenters. The fourth-order valence-electron chi connectivity index (χ4n) is 2.31. The summed E-state index contributed by atoms with van der Waals surface area (Å²) in [6.45, 7) is 6.11. The van der Waals surface area contributed by atoms with Crippen LogP contribution in [0.5, 0.6) is 5.75 Å². The van der Waals surface area contributed by atoms with Crippen molar-refractivity contribution in [3.05, 3.63) is 29.8 Å². The summed E-state index contributed by atoms with van der Waals surface area (Å²) in [5.74, 6) is 1.65. The number of benzene rings is 1. The highest BCUT2D eigenvalue weighted by Gasteiger charge is 2.19. The van der Waals surface area contributed by atoms with Gasteiger partial charge in [-0.05, 0) is 50.3 Å². The second-order valence-corrected chi connectivity index (χ2v) is 4.59. The number of ether oxygens (including phenoxy) is 1. The molecule has 0 saturated carbocycles. The third-order valence-electron chi connectivity index (χ3n) is 3.30. The maximum absolute atomic E-state index is 5.54. The van der Waals surface area contributed by atoms with Gasteiger partial charge in [0.05, 0.1) is 6.61 Å². The molecule has 0 amide bonds. The van der Waals surface area contributed by atoms with Crippen molar-refractivity contribution in [2.75, 3.05) is 13.2 Å². The number of piperidine rings is 1. The fraction of sp³-hybridized carbons (Fsp3) is 0.571. The molecular formula is C14H21NO. The zero-order chi connectivity index (χ0) is 11.4. The van der Waals surface area contributed by atoms with Gasteiger partial charge in [-0.1, -0.05) is 12.1 Å². The van der Waals surface area contributed by atoms with Crippen LogP contribution in [-0.2, 0) is 0 Å². The van der Waals surface area contributed by atoms with Crippen LogP contribution in [0, 0.1) is 0 Å². The zero-order valence-electron chi connectivity index (χ0n) is 10.2. The molecule has 0 bridgehead atoms. The lowest BCUT2D eigenvalue weighted by molar-refractivity contribution is 0.338. The van der Waals surface area contributed by atoms with E-state index in [0.29, 0.717) is 12.0 Å². The topological polar surface area (TPSA) is 21.3 Å². The Labute approximate surface area is 98.0 Å². The molecule has 0 radical (unpaired) electrons. The van der Waals surface area contributed by atoms with E-state index in [1.807, 2.05) is 13.0 Å². The Balaban J connectivity index is 2.05. The van der Waals surface area contributed by atoms with Gasteiger partial charge in [0, 0.05) is 12.6 Å². The van der Waals surface area contributed by atoms with E-state index in [0.717, 1.165) is 18.9 Å². The average Bonchev–Trinajstić information content (AvgIpc) is 2.31. The van der Waals surface area contributed by atoms with Crippen LogP contribution < -0.4 is 10.1 Å². The second-order valence-electron chi connectivity index (χ2n) is 4.59. The second kappa shape index (κ2) is 5.35. The predicted octanol–water partition coefficient (Wildman–Crippen LogP) is 2.94. The summed E-state index contributed by atoms with van der Waals surface area (Å²) in [6.07, 6.45) is 2.55. The summed E-state index contributed by atoms with van der Waals surface area (Å²) in [5.41, 5.74) is 1.41. The van der Waals surface area contributed by atoms with E-state index in [4.69, 9.17) is 4.74 Å². The van der Waals surface area contributed by atoms with Gasteiger partial charge in [0.2, 0.25) is 0 Å². The van der Waals surface area contributed by atoms with Gasteiger partial charge in [0.1, 0.15) is 5.75 Å². The molecule has 1 aromatic carbocycles. The van der Waals surface area contributed by atoms with Crippen LogP contribution in [-0.4, -0.2) is 19.2 Å². The molecule has 0 spiro atoms. The molecule has 1 heterocycles.